The van der Waals surface area contributed by atoms with Crippen LogP contribution in [-0.2, 0) is 54.1 Å². The summed E-state index contributed by atoms with van der Waals surface area (Å²) in [5, 5.41) is 20.1. The van der Waals surface area contributed by atoms with Crippen LogP contribution < -0.4 is 9.47 Å². The van der Waals surface area contributed by atoms with E-state index in [2.05, 4.69) is 77.9 Å². The molecular formula is C62H92O11. The third-order valence-corrected chi connectivity index (χ3v) is 12.5. The highest BCUT2D eigenvalue weighted by Crippen LogP contribution is 2.51. The molecule has 2 N–H and O–H groups in total. The fraction of sp³-hybridized carbons (Fsp3) is 0.597. The number of phenols is 2. The van der Waals surface area contributed by atoms with Crippen LogP contribution in [0.1, 0.15) is 144 Å². The smallest absolute Gasteiger partial charge is 0.508 e. The zero-order valence-corrected chi connectivity index (χ0v) is 46.9. The molecule has 0 spiro atoms. The summed E-state index contributed by atoms with van der Waals surface area (Å²) in [4.78, 5) is 12.3. The molecule has 73 heavy (non-hydrogen) atoms. The quantitative estimate of drug-likeness (QED) is 0.0320. The lowest BCUT2D eigenvalue weighted by Gasteiger charge is -2.47. The van der Waals surface area contributed by atoms with Crippen molar-refractivity contribution in [2.75, 3.05) is 46.2 Å². The number of carbonyl (C=O) groups is 1. The van der Waals surface area contributed by atoms with Crippen LogP contribution in [0.4, 0.5) is 4.79 Å². The molecule has 5 rings (SSSR count). The minimum atomic E-state index is -0.709. The van der Waals surface area contributed by atoms with E-state index in [1.165, 1.54) is 22.3 Å². The van der Waals surface area contributed by atoms with Crippen LogP contribution in [0.2, 0.25) is 0 Å². The summed E-state index contributed by atoms with van der Waals surface area (Å²) in [6, 6.07) is 31.7. The number of ether oxygens (including phenoxy) is 8. The molecule has 1 aliphatic rings. The molecule has 0 aromatic heterocycles. The van der Waals surface area contributed by atoms with Gasteiger partial charge in [-0.3, -0.25) is 0 Å². The van der Waals surface area contributed by atoms with Gasteiger partial charge in [0.2, 0.25) is 0 Å². The Balaban J connectivity index is 0.000000619. The minimum Gasteiger partial charge on any atom is -0.508 e. The van der Waals surface area contributed by atoms with Gasteiger partial charge in [-0.25, -0.2) is 4.79 Å². The molecule has 0 amide bonds. The summed E-state index contributed by atoms with van der Waals surface area (Å²) in [6.07, 6.45) is 8.01. The molecule has 11 nitrogen and oxygen atoms in total. The summed E-state index contributed by atoms with van der Waals surface area (Å²) in [5.41, 5.74) is 3.91. The molecule has 1 heterocycles. The first-order valence-electron chi connectivity index (χ1n) is 26.6. The molecule has 4 aromatic rings. The number of benzene rings is 4. The lowest BCUT2D eigenvalue weighted by molar-refractivity contribution is -0.0390. The van der Waals surface area contributed by atoms with Crippen molar-refractivity contribution in [3.63, 3.8) is 0 Å². The Morgan fingerprint density at radius 1 is 0.534 bits per heavy atom. The number of carbonyl (C=O) groups excluding carboxylic acids is 1. The first-order chi connectivity index (χ1) is 34.3. The average Bonchev–Trinajstić information content (AvgIpc) is 3.79. The third kappa shape index (κ3) is 25.4. The Bertz CT molecular complexity index is 2140. The summed E-state index contributed by atoms with van der Waals surface area (Å²) in [6.45, 7) is 32.4. The highest BCUT2D eigenvalue weighted by molar-refractivity contribution is 5.64. The first kappa shape index (κ1) is 60.9. The lowest BCUT2D eigenvalue weighted by atomic mass is 9.58. The van der Waals surface area contributed by atoms with Crippen molar-refractivity contribution < 1.29 is 52.9 Å². The summed E-state index contributed by atoms with van der Waals surface area (Å²) in [7, 11) is 0. The average molecular weight is 1010 g/mol. The van der Waals surface area contributed by atoms with Gasteiger partial charge in [-0.1, -0.05) is 90.1 Å². The Morgan fingerprint density at radius 3 is 1.30 bits per heavy atom. The number of hydrogen-bond acceptors (Lipinski definition) is 11. The van der Waals surface area contributed by atoms with Crippen molar-refractivity contribution in [3.8, 4) is 23.0 Å². The predicted octanol–water partition coefficient (Wildman–Crippen LogP) is 14.3. The van der Waals surface area contributed by atoms with Crippen LogP contribution in [0.15, 0.2) is 97.1 Å². The highest BCUT2D eigenvalue weighted by Gasteiger charge is 2.42. The van der Waals surface area contributed by atoms with Gasteiger partial charge < -0.3 is 48.1 Å². The molecule has 1 saturated heterocycles. The molecule has 4 aromatic carbocycles. The van der Waals surface area contributed by atoms with Gasteiger partial charge in [0.15, 0.2) is 6.29 Å². The van der Waals surface area contributed by atoms with Crippen molar-refractivity contribution in [3.05, 3.63) is 119 Å². The normalized spacial score (nSPS) is 15.8. The second-order valence-electron chi connectivity index (χ2n) is 24.0. The first-order valence-corrected chi connectivity index (χ1v) is 26.6. The molecule has 1 aliphatic heterocycles. The van der Waals surface area contributed by atoms with E-state index in [0.29, 0.717) is 45.4 Å². The van der Waals surface area contributed by atoms with E-state index >= 15 is 0 Å². The van der Waals surface area contributed by atoms with Gasteiger partial charge in [0, 0.05) is 6.42 Å². The topological polar surface area (TPSA) is 131 Å². The Labute approximate surface area is 439 Å². The lowest BCUT2D eigenvalue weighted by Crippen LogP contribution is -2.38. The van der Waals surface area contributed by atoms with Crippen LogP contribution in [0, 0.1) is 21.7 Å². The van der Waals surface area contributed by atoms with Crippen LogP contribution in [0.3, 0.4) is 0 Å². The predicted molar refractivity (Wildman–Crippen MR) is 292 cm³/mol. The maximum atomic E-state index is 12.3. The van der Waals surface area contributed by atoms with Gasteiger partial charge in [0.1, 0.15) is 28.6 Å². The van der Waals surface area contributed by atoms with Crippen LogP contribution in [0.5, 0.6) is 23.0 Å². The Hall–Kier alpha value is -4.65. The minimum absolute atomic E-state index is 0.0382. The van der Waals surface area contributed by atoms with Crippen LogP contribution in [0.25, 0.3) is 0 Å². The van der Waals surface area contributed by atoms with Gasteiger partial charge in [-0.05, 0) is 192 Å². The standard InChI is InChI=1S/C50H66O7.C12H26O4/c1-46(2,3)57-45(53)56-43-26-16-37(17-27-43)30-48(6,7)34-50(9,32-39-18-24-42(25-19-39)55-44-11-10-28-54-44)35-49(8,31-38-14-22-41(52)23-15-38)33-47(4,5)29-36-12-20-40(51)21-13-36;1-11(2)15-9-7-13-5-6-14-8-10-16-12(3)4/h12-27,44,51-52H,10-11,28-35H2,1-9H3;11-12H,5-10H2,1-4H3. The van der Waals surface area contributed by atoms with Gasteiger partial charge in [-0.15, -0.1) is 0 Å². The fourth-order valence-electron chi connectivity index (χ4n) is 10.7. The van der Waals surface area contributed by atoms with Gasteiger partial charge in [0.25, 0.3) is 0 Å². The maximum absolute atomic E-state index is 12.3. The number of rotatable bonds is 28. The highest BCUT2D eigenvalue weighted by atomic mass is 16.7. The number of aromatic hydroxyl groups is 2. The molecule has 0 radical (unpaired) electrons. The van der Waals surface area contributed by atoms with Crippen LogP contribution in [-0.4, -0.2) is 86.7 Å². The van der Waals surface area contributed by atoms with Gasteiger partial charge >= 0.3 is 6.16 Å². The largest absolute Gasteiger partial charge is 0.514 e. The van der Waals surface area contributed by atoms with E-state index in [-0.39, 0.29) is 51.7 Å². The number of phenolic OH excluding ortho intramolecular Hbond substituents is 2. The zero-order chi connectivity index (χ0) is 53.7. The molecule has 0 saturated carbocycles. The van der Waals surface area contributed by atoms with Crippen molar-refractivity contribution in [2.24, 2.45) is 21.7 Å². The molecule has 406 valence electrons. The second kappa shape index (κ2) is 28.9. The van der Waals surface area contributed by atoms with Gasteiger partial charge in [-0.2, -0.15) is 0 Å². The molecule has 11 heteroatoms. The van der Waals surface area contributed by atoms with E-state index in [0.717, 1.165) is 70.1 Å². The molecular weight excluding hydrogens is 921 g/mol. The summed E-state index contributed by atoms with van der Waals surface area (Å²) >= 11 is 0. The van der Waals surface area contributed by atoms with E-state index < -0.39 is 11.8 Å². The Morgan fingerprint density at radius 2 is 0.918 bits per heavy atom. The van der Waals surface area contributed by atoms with E-state index in [1.807, 2.05) is 84.9 Å². The van der Waals surface area contributed by atoms with E-state index in [9.17, 15) is 15.0 Å². The summed E-state index contributed by atoms with van der Waals surface area (Å²) in [5.74, 6) is 1.85. The SMILES string of the molecule is CC(C)(Cc1ccc(O)cc1)CC(C)(Cc1ccc(O)cc1)CC(C)(Cc1ccc(OC2CCCO2)cc1)CC(C)(C)Cc1ccc(OC(=O)OC(C)(C)C)cc1.CC(C)OCCOCCOCCOC(C)C. The van der Waals surface area contributed by atoms with Crippen molar-refractivity contribution in [2.45, 2.75) is 172 Å². The molecule has 1 fully saturated rings. The maximum Gasteiger partial charge on any atom is 0.514 e. The van der Waals surface area contributed by atoms with Crippen LogP contribution >= 0.6 is 0 Å². The Kier molecular flexibility index (Phi) is 24.1. The van der Waals surface area contributed by atoms with E-state index in [1.54, 1.807) is 24.3 Å². The van der Waals surface area contributed by atoms with Crippen molar-refractivity contribution in [1.82, 2.24) is 0 Å². The third-order valence-electron chi connectivity index (χ3n) is 12.5. The fourth-order valence-corrected chi connectivity index (χ4v) is 10.7. The monoisotopic (exact) mass is 1010 g/mol. The van der Waals surface area contributed by atoms with Crippen molar-refractivity contribution >= 4 is 6.16 Å². The van der Waals surface area contributed by atoms with Crippen molar-refractivity contribution in [1.29, 1.82) is 0 Å². The molecule has 3 atom stereocenters. The molecule has 3 unspecified atom stereocenters. The molecule has 0 aliphatic carbocycles. The van der Waals surface area contributed by atoms with E-state index in [4.69, 9.17) is 37.9 Å². The second-order valence-corrected chi connectivity index (χ2v) is 24.0. The number of hydrogen-bond donors (Lipinski definition) is 2. The van der Waals surface area contributed by atoms with Gasteiger partial charge in [0.05, 0.1) is 58.5 Å². The summed E-state index contributed by atoms with van der Waals surface area (Å²) < 4.78 is 44.0. The zero-order valence-electron chi connectivity index (χ0n) is 46.9. The molecule has 0 bridgehead atoms.